The van der Waals surface area contributed by atoms with Crippen LogP contribution in [0.1, 0.15) is 57.8 Å². The number of aliphatic hydroxyl groups excluding tert-OH is 1. The molecule has 0 aromatic heterocycles. The van der Waals surface area contributed by atoms with Gasteiger partial charge >= 0.3 is 0 Å². The smallest absolute Gasteiger partial charge is 0.0695 e. The van der Waals surface area contributed by atoms with E-state index in [0.717, 1.165) is 11.8 Å². The fraction of sp³-hybridized carbons (Fsp3) is 1.00. The van der Waals surface area contributed by atoms with Gasteiger partial charge in [0.2, 0.25) is 0 Å². The molecule has 2 heteroatoms. The first-order valence-electron chi connectivity index (χ1n) is 7.21. The number of hydrogen-bond donors (Lipinski definition) is 1. The second-order valence-electron chi connectivity index (χ2n) is 6.31. The normalized spacial score (nSPS) is 39.6. The Hall–Kier alpha value is -0.0800. The van der Waals surface area contributed by atoms with Crippen molar-refractivity contribution < 1.29 is 5.11 Å². The molecule has 2 atom stereocenters. The molecule has 0 bridgehead atoms. The van der Waals surface area contributed by atoms with Crippen molar-refractivity contribution in [1.29, 1.82) is 0 Å². The molecule has 16 heavy (non-hydrogen) atoms. The molecule has 3 rings (SSSR count). The summed E-state index contributed by atoms with van der Waals surface area (Å²) in [6, 6.07) is 0.499. The molecule has 3 fully saturated rings. The summed E-state index contributed by atoms with van der Waals surface area (Å²) in [7, 11) is 0. The van der Waals surface area contributed by atoms with E-state index in [0.29, 0.717) is 6.04 Å². The van der Waals surface area contributed by atoms with Crippen molar-refractivity contribution in [3.63, 3.8) is 0 Å². The highest BCUT2D eigenvalue weighted by atomic mass is 16.3. The van der Waals surface area contributed by atoms with Gasteiger partial charge in [0.15, 0.2) is 0 Å². The van der Waals surface area contributed by atoms with Crippen LogP contribution in [0.25, 0.3) is 0 Å². The van der Waals surface area contributed by atoms with E-state index >= 15 is 0 Å². The van der Waals surface area contributed by atoms with E-state index < -0.39 is 0 Å². The predicted molar refractivity (Wildman–Crippen MR) is 65.4 cm³/mol. The first-order chi connectivity index (χ1) is 7.79. The molecule has 1 saturated heterocycles. The van der Waals surface area contributed by atoms with Gasteiger partial charge in [0.25, 0.3) is 0 Å². The first-order valence-corrected chi connectivity index (χ1v) is 7.21. The Balaban J connectivity index is 1.57. The molecule has 0 radical (unpaired) electrons. The minimum Gasteiger partial charge on any atom is -0.391 e. The third-order valence-corrected chi connectivity index (χ3v) is 5.44. The van der Waals surface area contributed by atoms with E-state index in [2.05, 4.69) is 4.90 Å². The summed E-state index contributed by atoms with van der Waals surface area (Å²) in [5.74, 6) is 0. The zero-order valence-corrected chi connectivity index (χ0v) is 10.3. The summed E-state index contributed by atoms with van der Waals surface area (Å²) >= 11 is 0. The Morgan fingerprint density at radius 3 is 2.12 bits per heavy atom. The number of piperidine rings is 1. The average Bonchev–Trinajstić information content (AvgIpc) is 2.90. The maximum Gasteiger partial charge on any atom is 0.0695 e. The fourth-order valence-electron chi connectivity index (χ4n) is 4.30. The Kier molecular flexibility index (Phi) is 2.97. The number of likely N-dealkylation sites (tertiary alicyclic amines) is 1. The minimum absolute atomic E-state index is 0.0300. The summed E-state index contributed by atoms with van der Waals surface area (Å²) in [4.78, 5) is 2.58. The van der Waals surface area contributed by atoms with Crippen molar-refractivity contribution >= 4 is 0 Å². The zero-order valence-electron chi connectivity index (χ0n) is 10.3. The fourth-order valence-corrected chi connectivity index (χ4v) is 4.30. The molecule has 1 aliphatic heterocycles. The lowest BCUT2D eigenvalue weighted by molar-refractivity contribution is 0.0246. The number of hydrogen-bond acceptors (Lipinski definition) is 2. The summed E-state index contributed by atoms with van der Waals surface area (Å²) < 4.78 is 0. The van der Waals surface area contributed by atoms with E-state index in [1.54, 1.807) is 0 Å². The Morgan fingerprint density at radius 1 is 0.875 bits per heavy atom. The quantitative estimate of drug-likeness (QED) is 0.738. The Labute approximate surface area is 99.0 Å². The molecule has 3 aliphatic rings. The van der Waals surface area contributed by atoms with Crippen LogP contribution in [-0.4, -0.2) is 35.2 Å². The van der Waals surface area contributed by atoms with Crippen LogP contribution in [0.5, 0.6) is 0 Å². The topological polar surface area (TPSA) is 23.5 Å². The largest absolute Gasteiger partial charge is 0.391 e. The van der Waals surface area contributed by atoms with Crippen LogP contribution in [-0.2, 0) is 0 Å². The SMILES string of the molecule is O[C@@H]1CCC[C@H]1N1CCC2(CCCC2)CC1. The van der Waals surface area contributed by atoms with Gasteiger partial charge in [-0.2, -0.15) is 0 Å². The number of nitrogens with zero attached hydrogens (tertiary/aromatic N) is 1. The molecule has 0 aromatic rings. The Morgan fingerprint density at radius 2 is 1.56 bits per heavy atom. The van der Waals surface area contributed by atoms with E-state index in [-0.39, 0.29) is 6.10 Å². The zero-order chi connectivity index (χ0) is 11.0. The van der Waals surface area contributed by atoms with Crippen LogP contribution in [0.2, 0.25) is 0 Å². The highest BCUT2D eigenvalue weighted by Crippen LogP contribution is 2.46. The van der Waals surface area contributed by atoms with Crippen molar-refractivity contribution in [3.8, 4) is 0 Å². The lowest BCUT2D eigenvalue weighted by Crippen LogP contribution is -2.47. The van der Waals surface area contributed by atoms with Crippen LogP contribution in [0, 0.1) is 5.41 Å². The van der Waals surface area contributed by atoms with Gasteiger partial charge in [0.05, 0.1) is 6.10 Å². The maximum atomic E-state index is 9.96. The molecular formula is C14H25NO. The van der Waals surface area contributed by atoms with Gasteiger partial charge in [0, 0.05) is 6.04 Å². The van der Waals surface area contributed by atoms with Crippen LogP contribution in [0.4, 0.5) is 0 Å². The third-order valence-electron chi connectivity index (χ3n) is 5.44. The standard InChI is InChI=1S/C14H25NO/c16-13-5-3-4-12(13)15-10-8-14(9-11-15)6-1-2-7-14/h12-13,16H,1-11H2/t12-,13-/m1/s1. The molecule has 2 saturated carbocycles. The van der Waals surface area contributed by atoms with E-state index in [1.807, 2.05) is 0 Å². The van der Waals surface area contributed by atoms with Gasteiger partial charge < -0.3 is 5.11 Å². The van der Waals surface area contributed by atoms with Gasteiger partial charge in [-0.3, -0.25) is 4.90 Å². The molecule has 1 spiro atoms. The average molecular weight is 223 g/mol. The monoisotopic (exact) mass is 223 g/mol. The maximum absolute atomic E-state index is 9.96. The van der Waals surface area contributed by atoms with Gasteiger partial charge in [0.1, 0.15) is 0 Å². The molecular weight excluding hydrogens is 198 g/mol. The second-order valence-corrected chi connectivity index (χ2v) is 6.31. The van der Waals surface area contributed by atoms with Crippen LogP contribution >= 0.6 is 0 Å². The first kappa shape index (κ1) is 11.0. The molecule has 0 amide bonds. The predicted octanol–water partition coefficient (Wildman–Crippen LogP) is 2.56. The summed E-state index contributed by atoms with van der Waals surface area (Å²) in [6.45, 7) is 2.50. The number of rotatable bonds is 1. The summed E-state index contributed by atoms with van der Waals surface area (Å²) in [6.07, 6.45) is 12.2. The summed E-state index contributed by atoms with van der Waals surface area (Å²) in [5, 5.41) is 9.96. The molecule has 2 aliphatic carbocycles. The molecule has 92 valence electrons. The van der Waals surface area contributed by atoms with Crippen molar-refractivity contribution in [3.05, 3.63) is 0 Å². The lowest BCUT2D eigenvalue weighted by Gasteiger charge is -2.42. The van der Waals surface area contributed by atoms with Crippen molar-refractivity contribution in [2.24, 2.45) is 5.41 Å². The van der Waals surface area contributed by atoms with Crippen molar-refractivity contribution in [1.82, 2.24) is 4.90 Å². The molecule has 1 heterocycles. The summed E-state index contributed by atoms with van der Waals surface area (Å²) in [5.41, 5.74) is 0.722. The molecule has 2 nitrogen and oxygen atoms in total. The minimum atomic E-state index is -0.0300. The van der Waals surface area contributed by atoms with Crippen LogP contribution < -0.4 is 0 Å². The second kappa shape index (κ2) is 4.30. The van der Waals surface area contributed by atoms with Crippen molar-refractivity contribution in [2.45, 2.75) is 69.9 Å². The third kappa shape index (κ3) is 1.91. The lowest BCUT2D eigenvalue weighted by atomic mass is 9.76. The van der Waals surface area contributed by atoms with E-state index in [1.165, 1.54) is 64.5 Å². The van der Waals surface area contributed by atoms with Gasteiger partial charge in [-0.25, -0.2) is 0 Å². The van der Waals surface area contributed by atoms with E-state index in [9.17, 15) is 5.11 Å². The van der Waals surface area contributed by atoms with Crippen molar-refractivity contribution in [2.75, 3.05) is 13.1 Å². The van der Waals surface area contributed by atoms with Crippen LogP contribution in [0.3, 0.4) is 0 Å². The van der Waals surface area contributed by atoms with Gasteiger partial charge in [-0.15, -0.1) is 0 Å². The van der Waals surface area contributed by atoms with E-state index in [4.69, 9.17) is 0 Å². The molecule has 0 aromatic carbocycles. The van der Waals surface area contributed by atoms with Crippen LogP contribution in [0.15, 0.2) is 0 Å². The van der Waals surface area contributed by atoms with Gasteiger partial charge in [-0.1, -0.05) is 12.8 Å². The molecule has 0 unspecified atom stereocenters. The number of aliphatic hydroxyl groups is 1. The molecule has 1 N–H and O–H groups in total. The Bertz CT molecular complexity index is 237. The van der Waals surface area contributed by atoms with Gasteiger partial charge in [-0.05, 0) is 63.5 Å². The highest BCUT2D eigenvalue weighted by Gasteiger charge is 2.40. The highest BCUT2D eigenvalue weighted by molar-refractivity contribution is 4.94.